The highest BCUT2D eigenvalue weighted by Gasteiger charge is 2.14. The number of carbonyl (C=O) groups is 1. The lowest BCUT2D eigenvalue weighted by atomic mass is 10.1. The minimum atomic E-state index is -0.427. The Balaban J connectivity index is 1.97. The lowest BCUT2D eigenvalue weighted by molar-refractivity contribution is 0.102. The Hall–Kier alpha value is -3.02. The molecule has 1 aromatic heterocycles. The third-order valence-corrected chi connectivity index (χ3v) is 3.04. The number of H-pyrrole nitrogens is 1. The molecule has 0 radical (unpaired) electrons. The van der Waals surface area contributed by atoms with Gasteiger partial charge in [-0.1, -0.05) is 12.1 Å². The number of hydrogen-bond donors (Lipinski definition) is 4. The average molecular weight is 268 g/mol. The van der Waals surface area contributed by atoms with Gasteiger partial charge >= 0.3 is 0 Å². The van der Waals surface area contributed by atoms with E-state index in [1.165, 1.54) is 12.1 Å². The van der Waals surface area contributed by atoms with Crippen LogP contribution in [0.3, 0.4) is 0 Å². The van der Waals surface area contributed by atoms with E-state index in [2.05, 4.69) is 15.5 Å². The number of benzene rings is 2. The van der Waals surface area contributed by atoms with Gasteiger partial charge in [-0.2, -0.15) is 5.10 Å². The molecule has 0 fully saturated rings. The minimum absolute atomic E-state index is 0.130. The van der Waals surface area contributed by atoms with Gasteiger partial charge in [0, 0.05) is 5.39 Å². The van der Waals surface area contributed by atoms with Crippen molar-refractivity contribution in [2.45, 2.75) is 0 Å². The number of amides is 1. The van der Waals surface area contributed by atoms with Gasteiger partial charge in [0.05, 0.1) is 28.7 Å². The van der Waals surface area contributed by atoms with E-state index in [0.717, 1.165) is 10.9 Å². The summed E-state index contributed by atoms with van der Waals surface area (Å²) in [5.74, 6) is -0.645. The predicted molar refractivity (Wildman–Crippen MR) is 76.6 cm³/mol. The van der Waals surface area contributed by atoms with Gasteiger partial charge in [-0.3, -0.25) is 9.89 Å². The number of nitrogen functional groups attached to an aromatic ring is 1. The number of aromatic nitrogens is 2. The lowest BCUT2D eigenvalue weighted by Gasteiger charge is -2.08. The van der Waals surface area contributed by atoms with Crippen LogP contribution in [0, 0.1) is 0 Å². The quantitative estimate of drug-likeness (QED) is 0.422. The number of nitrogens with two attached hydrogens (primary N) is 1. The highest BCUT2D eigenvalue weighted by molar-refractivity contribution is 6.10. The number of phenolic OH excluding ortho intramolecular Hbond substituents is 1. The Morgan fingerprint density at radius 3 is 2.90 bits per heavy atom. The summed E-state index contributed by atoms with van der Waals surface area (Å²) >= 11 is 0. The third-order valence-electron chi connectivity index (χ3n) is 3.04. The molecule has 0 saturated carbocycles. The van der Waals surface area contributed by atoms with E-state index in [1.54, 1.807) is 24.4 Å². The van der Waals surface area contributed by atoms with E-state index >= 15 is 0 Å². The van der Waals surface area contributed by atoms with Crippen LogP contribution in [0.4, 0.5) is 11.4 Å². The van der Waals surface area contributed by atoms with E-state index in [0.29, 0.717) is 5.69 Å². The van der Waals surface area contributed by atoms with Crippen molar-refractivity contribution in [2.75, 3.05) is 11.1 Å². The van der Waals surface area contributed by atoms with E-state index in [1.807, 2.05) is 6.07 Å². The second kappa shape index (κ2) is 4.58. The molecule has 0 aliphatic carbocycles. The minimum Gasteiger partial charge on any atom is -0.505 e. The Bertz CT molecular complexity index is 795. The van der Waals surface area contributed by atoms with Gasteiger partial charge in [-0.05, 0) is 24.3 Å². The number of aromatic amines is 1. The van der Waals surface area contributed by atoms with Crippen molar-refractivity contribution in [2.24, 2.45) is 0 Å². The fourth-order valence-electron chi connectivity index (χ4n) is 2.01. The molecule has 3 rings (SSSR count). The van der Waals surface area contributed by atoms with Gasteiger partial charge < -0.3 is 16.2 Å². The van der Waals surface area contributed by atoms with Crippen molar-refractivity contribution in [3.05, 3.63) is 48.2 Å². The SMILES string of the molecule is Nc1cccc(C(=O)Nc2cccc3[nH]ncc23)c1O. The first-order valence-electron chi connectivity index (χ1n) is 5.97. The van der Waals surface area contributed by atoms with Crippen molar-refractivity contribution in [1.82, 2.24) is 10.2 Å². The number of nitrogens with one attached hydrogen (secondary N) is 2. The molecule has 0 saturated heterocycles. The van der Waals surface area contributed by atoms with Crippen LogP contribution < -0.4 is 11.1 Å². The third kappa shape index (κ3) is 1.93. The Morgan fingerprint density at radius 1 is 1.25 bits per heavy atom. The number of nitrogens with zero attached hydrogens (tertiary/aromatic N) is 1. The molecule has 6 nitrogen and oxygen atoms in total. The summed E-state index contributed by atoms with van der Waals surface area (Å²) in [6.45, 7) is 0. The molecule has 100 valence electrons. The number of para-hydroxylation sites is 1. The molecule has 20 heavy (non-hydrogen) atoms. The maximum atomic E-state index is 12.2. The second-order valence-corrected chi connectivity index (χ2v) is 4.33. The van der Waals surface area contributed by atoms with E-state index in [4.69, 9.17) is 5.73 Å². The smallest absolute Gasteiger partial charge is 0.259 e. The van der Waals surface area contributed by atoms with Gasteiger partial charge in [0.25, 0.3) is 5.91 Å². The summed E-state index contributed by atoms with van der Waals surface area (Å²) in [7, 11) is 0. The topological polar surface area (TPSA) is 104 Å². The average Bonchev–Trinajstić information content (AvgIpc) is 2.91. The maximum absolute atomic E-state index is 12.2. The zero-order valence-corrected chi connectivity index (χ0v) is 10.4. The van der Waals surface area contributed by atoms with E-state index < -0.39 is 5.91 Å². The van der Waals surface area contributed by atoms with E-state index in [-0.39, 0.29) is 17.0 Å². The van der Waals surface area contributed by atoms with Crippen LogP contribution in [0.5, 0.6) is 5.75 Å². The van der Waals surface area contributed by atoms with Crippen LogP contribution in [-0.2, 0) is 0 Å². The number of aromatic hydroxyl groups is 1. The first-order chi connectivity index (χ1) is 9.66. The van der Waals surface area contributed by atoms with Crippen molar-refractivity contribution in [3.8, 4) is 5.75 Å². The van der Waals surface area contributed by atoms with Crippen LogP contribution in [-0.4, -0.2) is 21.2 Å². The first kappa shape index (κ1) is 12.0. The van der Waals surface area contributed by atoms with Crippen molar-refractivity contribution in [3.63, 3.8) is 0 Å². The molecular weight excluding hydrogens is 256 g/mol. The fourth-order valence-corrected chi connectivity index (χ4v) is 2.01. The van der Waals surface area contributed by atoms with Crippen LogP contribution in [0.1, 0.15) is 10.4 Å². The van der Waals surface area contributed by atoms with Gasteiger partial charge in [0.1, 0.15) is 0 Å². The molecule has 1 heterocycles. The normalized spacial score (nSPS) is 10.6. The molecule has 0 aliphatic rings. The molecule has 1 amide bonds. The predicted octanol–water partition coefficient (Wildman–Crippen LogP) is 2.10. The Kier molecular flexibility index (Phi) is 2.76. The first-order valence-corrected chi connectivity index (χ1v) is 5.97. The molecule has 0 aliphatic heterocycles. The summed E-state index contributed by atoms with van der Waals surface area (Å²) in [5.41, 5.74) is 7.31. The molecular formula is C14H12N4O2. The molecule has 0 unspecified atom stereocenters. The molecule has 0 spiro atoms. The monoisotopic (exact) mass is 268 g/mol. The van der Waals surface area contributed by atoms with Crippen molar-refractivity contribution in [1.29, 1.82) is 0 Å². The van der Waals surface area contributed by atoms with Gasteiger partial charge in [-0.25, -0.2) is 0 Å². The number of hydrogen-bond acceptors (Lipinski definition) is 4. The highest BCUT2D eigenvalue weighted by Crippen LogP contribution is 2.27. The molecule has 0 bridgehead atoms. The summed E-state index contributed by atoms with van der Waals surface area (Å²) < 4.78 is 0. The number of rotatable bonds is 2. The Morgan fingerprint density at radius 2 is 2.05 bits per heavy atom. The summed E-state index contributed by atoms with van der Waals surface area (Å²) in [6.07, 6.45) is 1.63. The van der Waals surface area contributed by atoms with Gasteiger partial charge in [0.15, 0.2) is 5.75 Å². The summed E-state index contributed by atoms with van der Waals surface area (Å²) in [6, 6.07) is 10.1. The molecule has 0 atom stereocenters. The van der Waals surface area contributed by atoms with Crippen LogP contribution in [0.15, 0.2) is 42.6 Å². The Labute approximate surface area is 114 Å². The zero-order chi connectivity index (χ0) is 14.1. The molecule has 6 heteroatoms. The largest absolute Gasteiger partial charge is 0.505 e. The zero-order valence-electron chi connectivity index (χ0n) is 10.4. The molecule has 3 aromatic rings. The molecule has 5 N–H and O–H groups in total. The van der Waals surface area contributed by atoms with Gasteiger partial charge in [-0.15, -0.1) is 0 Å². The fraction of sp³-hybridized carbons (Fsp3) is 0. The van der Waals surface area contributed by atoms with Crippen molar-refractivity contribution < 1.29 is 9.90 Å². The van der Waals surface area contributed by atoms with Crippen LogP contribution in [0.25, 0.3) is 10.9 Å². The lowest BCUT2D eigenvalue weighted by Crippen LogP contribution is -2.12. The van der Waals surface area contributed by atoms with Crippen LogP contribution in [0.2, 0.25) is 0 Å². The molecule has 2 aromatic carbocycles. The number of anilines is 2. The van der Waals surface area contributed by atoms with E-state index in [9.17, 15) is 9.90 Å². The summed E-state index contributed by atoms with van der Waals surface area (Å²) in [4.78, 5) is 12.2. The number of carbonyl (C=O) groups excluding carboxylic acids is 1. The second-order valence-electron chi connectivity index (χ2n) is 4.33. The van der Waals surface area contributed by atoms with Crippen LogP contribution >= 0.6 is 0 Å². The van der Waals surface area contributed by atoms with Gasteiger partial charge in [0.2, 0.25) is 0 Å². The number of fused-ring (bicyclic) bond motifs is 1. The summed E-state index contributed by atoms with van der Waals surface area (Å²) in [5, 5.41) is 20.1. The number of phenols is 1. The maximum Gasteiger partial charge on any atom is 0.259 e. The highest BCUT2D eigenvalue weighted by atomic mass is 16.3. The standard InChI is InChI=1S/C14H12N4O2/c15-10-4-1-3-8(13(10)19)14(20)17-11-5-2-6-12-9(11)7-16-18-12/h1-7,19H,15H2,(H,16,18)(H,17,20). The van der Waals surface area contributed by atoms with Crippen molar-refractivity contribution >= 4 is 28.2 Å².